The molecule has 0 aromatic heterocycles. The zero-order valence-electron chi connectivity index (χ0n) is 13.4. The highest BCUT2D eigenvalue weighted by molar-refractivity contribution is 5.39. The average Bonchev–Trinajstić information content (AvgIpc) is 2.48. The van der Waals surface area contributed by atoms with E-state index in [9.17, 15) is 0 Å². The SMILES string of the molecule is CCN(CC)CCCN(CC)CCc1ccc(N)cc1. The lowest BCUT2D eigenvalue weighted by molar-refractivity contribution is 0.245. The summed E-state index contributed by atoms with van der Waals surface area (Å²) in [6, 6.07) is 8.26. The summed E-state index contributed by atoms with van der Waals surface area (Å²) in [4.78, 5) is 5.04. The Bertz CT molecular complexity index is 344. The molecule has 0 aliphatic heterocycles. The lowest BCUT2D eigenvalue weighted by Gasteiger charge is -2.23. The van der Waals surface area contributed by atoms with Crippen LogP contribution in [-0.2, 0) is 6.42 Å². The molecule has 0 atom stereocenters. The fourth-order valence-corrected chi connectivity index (χ4v) is 2.46. The van der Waals surface area contributed by atoms with Gasteiger partial charge in [0.2, 0.25) is 0 Å². The maximum atomic E-state index is 5.71. The molecule has 1 aromatic rings. The first kappa shape index (κ1) is 17.0. The van der Waals surface area contributed by atoms with Gasteiger partial charge < -0.3 is 15.5 Å². The van der Waals surface area contributed by atoms with Crippen molar-refractivity contribution >= 4 is 5.69 Å². The predicted octanol–water partition coefficient (Wildman–Crippen LogP) is 2.87. The van der Waals surface area contributed by atoms with Gasteiger partial charge in [0.25, 0.3) is 0 Å². The summed E-state index contributed by atoms with van der Waals surface area (Å²) >= 11 is 0. The zero-order valence-corrected chi connectivity index (χ0v) is 13.4. The van der Waals surface area contributed by atoms with Gasteiger partial charge in [-0.3, -0.25) is 0 Å². The second-order valence-corrected chi connectivity index (χ2v) is 5.31. The number of benzene rings is 1. The molecule has 0 amide bonds. The van der Waals surface area contributed by atoms with Crippen molar-refractivity contribution in [1.82, 2.24) is 9.80 Å². The summed E-state index contributed by atoms with van der Waals surface area (Å²) in [6.45, 7) is 13.7. The van der Waals surface area contributed by atoms with Crippen molar-refractivity contribution in [2.45, 2.75) is 33.6 Å². The Hall–Kier alpha value is -1.06. The van der Waals surface area contributed by atoms with Crippen LogP contribution in [0, 0.1) is 0 Å². The van der Waals surface area contributed by atoms with E-state index in [2.05, 4.69) is 42.7 Å². The number of hydrogen-bond donors (Lipinski definition) is 1. The molecule has 0 aliphatic rings. The largest absolute Gasteiger partial charge is 0.399 e. The molecular formula is C17H31N3. The Balaban J connectivity index is 2.27. The number of hydrogen-bond acceptors (Lipinski definition) is 3. The number of rotatable bonds is 10. The van der Waals surface area contributed by atoms with E-state index in [0.29, 0.717) is 0 Å². The molecule has 0 heterocycles. The van der Waals surface area contributed by atoms with Crippen LogP contribution in [0.15, 0.2) is 24.3 Å². The third kappa shape index (κ3) is 6.40. The van der Waals surface area contributed by atoms with Crippen LogP contribution in [0.4, 0.5) is 5.69 Å². The summed E-state index contributed by atoms with van der Waals surface area (Å²) < 4.78 is 0. The van der Waals surface area contributed by atoms with E-state index in [1.807, 2.05) is 12.1 Å². The summed E-state index contributed by atoms with van der Waals surface area (Å²) in [5.41, 5.74) is 7.94. The van der Waals surface area contributed by atoms with Gasteiger partial charge in [-0.2, -0.15) is 0 Å². The van der Waals surface area contributed by atoms with Crippen molar-refractivity contribution in [3.8, 4) is 0 Å². The van der Waals surface area contributed by atoms with Crippen LogP contribution >= 0.6 is 0 Å². The molecule has 0 unspecified atom stereocenters. The van der Waals surface area contributed by atoms with E-state index in [1.54, 1.807) is 0 Å². The smallest absolute Gasteiger partial charge is 0.0314 e. The molecule has 0 fully saturated rings. The van der Waals surface area contributed by atoms with E-state index in [1.165, 1.54) is 25.1 Å². The van der Waals surface area contributed by atoms with E-state index in [-0.39, 0.29) is 0 Å². The van der Waals surface area contributed by atoms with Gasteiger partial charge in [-0.25, -0.2) is 0 Å². The number of nitrogens with two attached hydrogens (primary N) is 1. The summed E-state index contributed by atoms with van der Waals surface area (Å²) in [5.74, 6) is 0. The van der Waals surface area contributed by atoms with Gasteiger partial charge >= 0.3 is 0 Å². The van der Waals surface area contributed by atoms with Crippen LogP contribution in [0.2, 0.25) is 0 Å². The molecule has 0 spiro atoms. The standard InChI is InChI=1S/C17H31N3/c1-4-19(5-2)13-7-14-20(6-3)15-12-16-8-10-17(18)11-9-16/h8-11H,4-7,12-15,18H2,1-3H3. The summed E-state index contributed by atoms with van der Waals surface area (Å²) in [6.07, 6.45) is 2.37. The van der Waals surface area contributed by atoms with Crippen LogP contribution < -0.4 is 5.73 Å². The molecule has 2 N–H and O–H groups in total. The Morgan fingerprint density at radius 1 is 0.800 bits per heavy atom. The molecule has 0 bridgehead atoms. The van der Waals surface area contributed by atoms with Crippen LogP contribution in [0.1, 0.15) is 32.8 Å². The first-order chi connectivity index (χ1) is 9.69. The molecule has 1 aromatic carbocycles. The Morgan fingerprint density at radius 2 is 1.35 bits per heavy atom. The number of nitrogens with zero attached hydrogens (tertiary/aromatic N) is 2. The third-order valence-electron chi connectivity index (χ3n) is 3.99. The molecule has 1 rings (SSSR count). The van der Waals surface area contributed by atoms with Crippen LogP contribution in [0.5, 0.6) is 0 Å². The van der Waals surface area contributed by atoms with Gasteiger partial charge in [0, 0.05) is 12.2 Å². The van der Waals surface area contributed by atoms with Crippen molar-refractivity contribution in [1.29, 1.82) is 0 Å². The minimum atomic E-state index is 0.848. The molecule has 0 radical (unpaired) electrons. The summed E-state index contributed by atoms with van der Waals surface area (Å²) in [5, 5.41) is 0. The molecule has 3 heteroatoms. The van der Waals surface area contributed by atoms with Crippen LogP contribution in [0.25, 0.3) is 0 Å². The normalized spacial score (nSPS) is 11.4. The van der Waals surface area contributed by atoms with Crippen LogP contribution in [-0.4, -0.2) is 49.1 Å². The van der Waals surface area contributed by atoms with E-state index >= 15 is 0 Å². The van der Waals surface area contributed by atoms with Crippen molar-refractivity contribution < 1.29 is 0 Å². The monoisotopic (exact) mass is 277 g/mol. The fraction of sp³-hybridized carbons (Fsp3) is 0.647. The molecule has 114 valence electrons. The second kappa shape index (κ2) is 9.78. The Morgan fingerprint density at radius 3 is 1.90 bits per heavy atom. The van der Waals surface area contributed by atoms with Crippen molar-refractivity contribution in [3.63, 3.8) is 0 Å². The first-order valence-electron chi connectivity index (χ1n) is 7.98. The Kier molecular flexibility index (Phi) is 8.31. The lowest BCUT2D eigenvalue weighted by atomic mass is 10.1. The fourth-order valence-electron chi connectivity index (χ4n) is 2.46. The number of nitrogen functional groups attached to an aromatic ring is 1. The van der Waals surface area contributed by atoms with Crippen molar-refractivity contribution in [3.05, 3.63) is 29.8 Å². The zero-order chi connectivity index (χ0) is 14.8. The highest BCUT2D eigenvalue weighted by atomic mass is 15.1. The summed E-state index contributed by atoms with van der Waals surface area (Å²) in [7, 11) is 0. The van der Waals surface area contributed by atoms with Crippen LogP contribution in [0.3, 0.4) is 0 Å². The van der Waals surface area contributed by atoms with Crippen molar-refractivity contribution in [2.75, 3.05) is 45.0 Å². The topological polar surface area (TPSA) is 32.5 Å². The average molecular weight is 277 g/mol. The minimum absolute atomic E-state index is 0.848. The quantitative estimate of drug-likeness (QED) is 0.668. The van der Waals surface area contributed by atoms with Gasteiger partial charge in [-0.05, 0) is 63.3 Å². The molecule has 0 saturated carbocycles. The van der Waals surface area contributed by atoms with E-state index in [4.69, 9.17) is 5.73 Å². The van der Waals surface area contributed by atoms with Gasteiger partial charge in [0.05, 0.1) is 0 Å². The number of likely N-dealkylation sites (N-methyl/N-ethyl adjacent to an activating group) is 1. The third-order valence-corrected chi connectivity index (χ3v) is 3.99. The number of anilines is 1. The lowest BCUT2D eigenvalue weighted by Crippen LogP contribution is -2.31. The van der Waals surface area contributed by atoms with Gasteiger partial charge in [0.15, 0.2) is 0 Å². The van der Waals surface area contributed by atoms with E-state index in [0.717, 1.165) is 38.3 Å². The Labute approximate surface area is 124 Å². The first-order valence-corrected chi connectivity index (χ1v) is 7.98. The molecule has 20 heavy (non-hydrogen) atoms. The maximum absolute atomic E-state index is 5.71. The molecule has 0 saturated heterocycles. The second-order valence-electron chi connectivity index (χ2n) is 5.31. The molecule has 0 aliphatic carbocycles. The minimum Gasteiger partial charge on any atom is -0.399 e. The van der Waals surface area contributed by atoms with Crippen molar-refractivity contribution in [2.24, 2.45) is 0 Å². The highest BCUT2D eigenvalue weighted by Gasteiger charge is 2.04. The van der Waals surface area contributed by atoms with E-state index < -0.39 is 0 Å². The van der Waals surface area contributed by atoms with Gasteiger partial charge in [-0.15, -0.1) is 0 Å². The van der Waals surface area contributed by atoms with Gasteiger partial charge in [-0.1, -0.05) is 32.9 Å². The highest BCUT2D eigenvalue weighted by Crippen LogP contribution is 2.07. The maximum Gasteiger partial charge on any atom is 0.0314 e. The van der Waals surface area contributed by atoms with Gasteiger partial charge in [0.1, 0.15) is 0 Å². The molecule has 3 nitrogen and oxygen atoms in total. The predicted molar refractivity (Wildman–Crippen MR) is 89.1 cm³/mol. The molecular weight excluding hydrogens is 246 g/mol.